The molecule has 0 bridgehead atoms. The Labute approximate surface area is 136 Å². The summed E-state index contributed by atoms with van der Waals surface area (Å²) in [6, 6.07) is 0. The summed E-state index contributed by atoms with van der Waals surface area (Å²) in [4.78, 5) is 37.1. The highest BCUT2D eigenvalue weighted by Gasteiger charge is 2.43. The second-order valence-electron chi connectivity index (χ2n) is 4.04. The molecule has 1 aromatic heterocycles. The van der Waals surface area contributed by atoms with Crippen molar-refractivity contribution in [2.45, 2.75) is 19.8 Å². The fourth-order valence-corrected chi connectivity index (χ4v) is 4.98. The first kappa shape index (κ1) is 15.8. The van der Waals surface area contributed by atoms with Gasteiger partial charge in [-0.2, -0.15) is 0 Å². The van der Waals surface area contributed by atoms with Crippen LogP contribution in [0, 0.1) is 0 Å². The Morgan fingerprint density at radius 1 is 1.20 bits per heavy atom. The molecule has 1 aliphatic rings. The number of amides is 3. The van der Waals surface area contributed by atoms with Crippen molar-refractivity contribution in [1.82, 2.24) is 4.90 Å². The number of rotatable bonds is 5. The van der Waals surface area contributed by atoms with E-state index in [0.717, 1.165) is 4.90 Å². The van der Waals surface area contributed by atoms with Crippen LogP contribution >= 0.6 is 43.2 Å². The highest BCUT2D eigenvalue weighted by molar-refractivity contribution is 9.12. The molecule has 1 aliphatic heterocycles. The van der Waals surface area contributed by atoms with Gasteiger partial charge in [-0.05, 0) is 45.2 Å². The van der Waals surface area contributed by atoms with E-state index in [9.17, 15) is 14.4 Å². The molecule has 0 aliphatic carbocycles. The molecule has 0 aromatic carbocycles. The lowest BCUT2D eigenvalue weighted by Gasteiger charge is -2.12. The van der Waals surface area contributed by atoms with Crippen molar-refractivity contribution >= 4 is 60.9 Å². The zero-order chi connectivity index (χ0) is 14.9. The Hall–Kier alpha value is -0.570. The van der Waals surface area contributed by atoms with Crippen molar-refractivity contribution in [3.63, 3.8) is 0 Å². The average Bonchev–Trinajstić information content (AvgIpc) is 2.83. The van der Waals surface area contributed by atoms with Gasteiger partial charge in [0.2, 0.25) is 5.91 Å². The maximum atomic E-state index is 12.2. The molecule has 0 saturated carbocycles. The Kier molecular flexibility index (Phi) is 5.11. The normalized spacial score (nSPS) is 14.1. The molecule has 20 heavy (non-hydrogen) atoms. The van der Waals surface area contributed by atoms with E-state index < -0.39 is 17.7 Å². The third-order valence-corrected chi connectivity index (χ3v) is 5.32. The fraction of sp³-hybridized carbons (Fsp3) is 0.417. The summed E-state index contributed by atoms with van der Waals surface area (Å²) in [7, 11) is 0. The summed E-state index contributed by atoms with van der Waals surface area (Å²) in [6.07, 6.45) is 0.597. The maximum Gasteiger partial charge on any atom is 0.270 e. The molecule has 0 radical (unpaired) electrons. The van der Waals surface area contributed by atoms with Crippen molar-refractivity contribution in [2.75, 3.05) is 13.2 Å². The smallest absolute Gasteiger partial charge is 0.270 e. The highest BCUT2D eigenvalue weighted by atomic mass is 79.9. The second-order valence-corrected chi connectivity index (χ2v) is 7.70. The van der Waals surface area contributed by atoms with Gasteiger partial charge < -0.3 is 4.74 Å². The second kappa shape index (κ2) is 6.46. The molecule has 3 amide bonds. The summed E-state index contributed by atoms with van der Waals surface area (Å²) in [5.74, 6) is -1.60. The van der Waals surface area contributed by atoms with Crippen LogP contribution in [0.4, 0.5) is 0 Å². The van der Waals surface area contributed by atoms with Crippen LogP contribution in [0.15, 0.2) is 7.57 Å². The number of hydrogen-bond acceptors (Lipinski definition) is 5. The van der Waals surface area contributed by atoms with Gasteiger partial charge in [-0.3, -0.25) is 14.4 Å². The summed E-state index contributed by atoms with van der Waals surface area (Å²) in [5.41, 5.74) is 0.537. The molecule has 5 nitrogen and oxygen atoms in total. The molecular formula is C12H11Br2NO4S. The van der Waals surface area contributed by atoms with Gasteiger partial charge in [0.1, 0.15) is 0 Å². The van der Waals surface area contributed by atoms with Gasteiger partial charge in [0.15, 0.2) is 0 Å². The van der Waals surface area contributed by atoms with Gasteiger partial charge in [-0.25, -0.2) is 4.90 Å². The van der Waals surface area contributed by atoms with E-state index in [4.69, 9.17) is 4.74 Å². The van der Waals surface area contributed by atoms with E-state index in [-0.39, 0.29) is 17.5 Å². The first-order chi connectivity index (χ1) is 9.49. The number of thiophene rings is 1. The minimum atomic E-state index is -0.555. The maximum absolute atomic E-state index is 12.2. The largest absolute Gasteiger partial charge is 0.382 e. The van der Waals surface area contributed by atoms with Crippen LogP contribution in [-0.4, -0.2) is 35.8 Å². The van der Waals surface area contributed by atoms with Crippen LogP contribution in [0.2, 0.25) is 0 Å². The Morgan fingerprint density at radius 2 is 1.75 bits per heavy atom. The van der Waals surface area contributed by atoms with Gasteiger partial charge in [0, 0.05) is 19.6 Å². The molecule has 0 atom stereocenters. The molecule has 0 unspecified atom stereocenters. The number of imide groups is 3. The molecule has 2 rings (SSSR count). The van der Waals surface area contributed by atoms with Crippen LogP contribution in [0.1, 0.15) is 40.5 Å². The third kappa shape index (κ3) is 2.74. The van der Waals surface area contributed by atoms with Crippen LogP contribution in [-0.2, 0) is 9.53 Å². The number of hydrogen-bond donors (Lipinski definition) is 0. The van der Waals surface area contributed by atoms with Crippen molar-refractivity contribution in [3.8, 4) is 0 Å². The number of nitrogens with zero attached hydrogens (tertiary/aromatic N) is 1. The lowest BCUT2D eigenvalue weighted by atomic mass is 10.2. The summed E-state index contributed by atoms with van der Waals surface area (Å²) in [6.45, 7) is 2.88. The van der Waals surface area contributed by atoms with Crippen LogP contribution in [0.25, 0.3) is 0 Å². The lowest BCUT2D eigenvalue weighted by molar-refractivity contribution is -0.126. The topological polar surface area (TPSA) is 63.7 Å². The molecule has 0 spiro atoms. The summed E-state index contributed by atoms with van der Waals surface area (Å²) < 4.78 is 6.25. The van der Waals surface area contributed by atoms with Gasteiger partial charge in [0.25, 0.3) is 11.8 Å². The molecule has 1 aromatic rings. The van der Waals surface area contributed by atoms with Gasteiger partial charge in [0.05, 0.1) is 18.7 Å². The van der Waals surface area contributed by atoms with Crippen molar-refractivity contribution in [1.29, 1.82) is 0 Å². The molecule has 8 heteroatoms. The fourth-order valence-electron chi connectivity index (χ4n) is 1.88. The minimum absolute atomic E-state index is 0.112. The van der Waals surface area contributed by atoms with E-state index in [1.165, 1.54) is 11.3 Å². The van der Waals surface area contributed by atoms with Crippen LogP contribution in [0.5, 0.6) is 0 Å². The number of halogens is 2. The van der Waals surface area contributed by atoms with E-state index in [2.05, 4.69) is 31.9 Å². The molecule has 0 N–H and O–H groups in total. The molecule has 2 heterocycles. The molecule has 0 fully saturated rings. The van der Waals surface area contributed by atoms with Crippen molar-refractivity contribution in [2.24, 2.45) is 0 Å². The number of carbonyl (C=O) groups excluding carboxylic acids is 3. The summed E-state index contributed by atoms with van der Waals surface area (Å²) in [5, 5.41) is 0. The zero-order valence-corrected chi connectivity index (χ0v) is 14.6. The number of carbonyl (C=O) groups is 3. The van der Waals surface area contributed by atoms with Gasteiger partial charge >= 0.3 is 0 Å². The lowest BCUT2D eigenvalue weighted by Crippen LogP contribution is -2.36. The molecular weight excluding hydrogens is 414 g/mol. The Morgan fingerprint density at radius 3 is 2.25 bits per heavy atom. The molecule has 0 saturated heterocycles. The Bertz CT molecular complexity index is 548. The van der Waals surface area contributed by atoms with E-state index in [1.54, 1.807) is 0 Å². The SMILES string of the molecule is CCOCCCC(=O)N1C(=O)c2c(Br)sc(Br)c2C1=O. The summed E-state index contributed by atoms with van der Waals surface area (Å²) >= 11 is 7.74. The monoisotopic (exact) mass is 423 g/mol. The standard InChI is InChI=1S/C12H11Br2NO4S/c1-2-19-5-3-4-6(16)15-11(17)7-8(12(15)18)10(14)20-9(7)13/h2-5H2,1H3. The first-order valence-electron chi connectivity index (χ1n) is 5.96. The van der Waals surface area contributed by atoms with E-state index in [1.807, 2.05) is 6.92 Å². The van der Waals surface area contributed by atoms with Crippen molar-refractivity contribution in [3.05, 3.63) is 18.7 Å². The first-order valence-corrected chi connectivity index (χ1v) is 8.36. The van der Waals surface area contributed by atoms with E-state index in [0.29, 0.717) is 27.2 Å². The highest BCUT2D eigenvalue weighted by Crippen LogP contribution is 2.42. The number of fused-ring (bicyclic) bond motifs is 1. The predicted octanol–water partition coefficient (Wildman–Crippen LogP) is 3.21. The van der Waals surface area contributed by atoms with E-state index >= 15 is 0 Å². The zero-order valence-electron chi connectivity index (χ0n) is 10.6. The minimum Gasteiger partial charge on any atom is -0.382 e. The molecule has 108 valence electrons. The Balaban J connectivity index is 2.12. The van der Waals surface area contributed by atoms with Gasteiger partial charge in [-0.15, -0.1) is 11.3 Å². The average molecular weight is 425 g/mol. The number of ether oxygens (including phenoxy) is 1. The third-order valence-electron chi connectivity index (χ3n) is 2.79. The van der Waals surface area contributed by atoms with Crippen LogP contribution in [0.3, 0.4) is 0 Å². The van der Waals surface area contributed by atoms with Crippen molar-refractivity contribution < 1.29 is 19.1 Å². The predicted molar refractivity (Wildman–Crippen MR) is 81.0 cm³/mol. The van der Waals surface area contributed by atoms with Gasteiger partial charge in [-0.1, -0.05) is 0 Å². The van der Waals surface area contributed by atoms with Crippen LogP contribution < -0.4 is 0 Å². The quantitative estimate of drug-likeness (QED) is 0.537.